The molecule has 0 fully saturated rings. The van der Waals surface area contributed by atoms with E-state index in [0.29, 0.717) is 5.82 Å². The Morgan fingerprint density at radius 1 is 0.357 bits per heavy atom. The van der Waals surface area contributed by atoms with Crippen molar-refractivity contribution in [1.29, 1.82) is 0 Å². The molecule has 1 aliphatic carbocycles. The fraction of sp³-hybridized carbons (Fsp3) is 0.0189. The van der Waals surface area contributed by atoms with Crippen LogP contribution in [0, 0.1) is 0 Å². The average molecular weight is 712 g/mol. The Bertz CT molecular complexity index is 3070. The van der Waals surface area contributed by atoms with Gasteiger partial charge in [-0.1, -0.05) is 170 Å². The van der Waals surface area contributed by atoms with Gasteiger partial charge in [-0.25, -0.2) is 9.97 Å². The molecule has 10 aromatic rings. The number of aromatic nitrogens is 3. The van der Waals surface area contributed by atoms with Crippen molar-refractivity contribution in [3.05, 3.63) is 222 Å². The summed E-state index contributed by atoms with van der Waals surface area (Å²) in [6, 6.07) is 72.5. The molecule has 0 unspecified atom stereocenters. The van der Waals surface area contributed by atoms with Gasteiger partial charge >= 0.3 is 0 Å². The van der Waals surface area contributed by atoms with Crippen LogP contribution >= 0.6 is 0 Å². The second kappa shape index (κ2) is 11.8. The predicted octanol–water partition coefficient (Wildman–Crippen LogP) is 12.9. The topological polar surface area (TPSA) is 30.7 Å². The Labute approximate surface area is 324 Å². The smallest absolute Gasteiger partial charge is 0.160 e. The molecule has 56 heavy (non-hydrogen) atoms. The summed E-state index contributed by atoms with van der Waals surface area (Å²) in [4.78, 5) is 10.2. The zero-order valence-corrected chi connectivity index (χ0v) is 30.4. The zero-order valence-electron chi connectivity index (χ0n) is 30.4. The van der Waals surface area contributed by atoms with Crippen molar-refractivity contribution in [2.75, 3.05) is 0 Å². The van der Waals surface area contributed by atoms with Crippen LogP contribution in [0.4, 0.5) is 0 Å². The molecule has 3 heteroatoms. The van der Waals surface area contributed by atoms with Crippen LogP contribution in [-0.4, -0.2) is 14.5 Å². The van der Waals surface area contributed by atoms with Gasteiger partial charge in [0.05, 0.1) is 33.5 Å². The predicted molar refractivity (Wildman–Crippen MR) is 229 cm³/mol. The Kier molecular flexibility index (Phi) is 6.55. The minimum absolute atomic E-state index is 0.484. The van der Waals surface area contributed by atoms with Gasteiger partial charge in [0.1, 0.15) is 0 Å². The second-order valence-electron chi connectivity index (χ2n) is 14.9. The minimum atomic E-state index is -0.484. The summed E-state index contributed by atoms with van der Waals surface area (Å²) in [7, 11) is 0. The average Bonchev–Trinajstić information content (AvgIpc) is 3.77. The van der Waals surface area contributed by atoms with Crippen LogP contribution in [-0.2, 0) is 5.41 Å². The van der Waals surface area contributed by atoms with Gasteiger partial charge in [0.25, 0.3) is 0 Å². The van der Waals surface area contributed by atoms with Crippen LogP contribution in [0.2, 0.25) is 0 Å². The van der Waals surface area contributed by atoms with Crippen LogP contribution in [0.15, 0.2) is 200 Å². The van der Waals surface area contributed by atoms with Crippen molar-refractivity contribution >= 4 is 21.8 Å². The summed E-state index contributed by atoms with van der Waals surface area (Å²) in [6.07, 6.45) is 0. The van der Waals surface area contributed by atoms with E-state index in [1.54, 1.807) is 0 Å². The van der Waals surface area contributed by atoms with E-state index in [0.717, 1.165) is 33.6 Å². The molecule has 8 aromatic carbocycles. The summed E-state index contributed by atoms with van der Waals surface area (Å²) >= 11 is 0. The second-order valence-corrected chi connectivity index (χ2v) is 14.9. The first kappa shape index (κ1) is 31.0. The highest BCUT2D eigenvalue weighted by molar-refractivity contribution is 6.14. The number of para-hydroxylation sites is 2. The van der Waals surface area contributed by atoms with Crippen molar-refractivity contribution in [3.8, 4) is 61.8 Å². The first-order valence-electron chi connectivity index (χ1n) is 19.2. The molecule has 1 spiro atoms. The maximum absolute atomic E-state index is 5.11. The van der Waals surface area contributed by atoms with Crippen molar-refractivity contribution in [2.45, 2.75) is 5.41 Å². The molecule has 2 aliphatic rings. The highest BCUT2D eigenvalue weighted by atomic mass is 15.0. The van der Waals surface area contributed by atoms with Crippen LogP contribution < -0.4 is 0 Å². The van der Waals surface area contributed by atoms with E-state index in [2.05, 4.69) is 193 Å². The van der Waals surface area contributed by atoms with Crippen molar-refractivity contribution < 1.29 is 0 Å². The van der Waals surface area contributed by atoms with Crippen LogP contribution in [0.1, 0.15) is 22.3 Å². The van der Waals surface area contributed by atoms with Crippen LogP contribution in [0.5, 0.6) is 0 Å². The van der Waals surface area contributed by atoms with Gasteiger partial charge in [-0.05, 0) is 74.8 Å². The first-order valence-corrected chi connectivity index (χ1v) is 19.2. The number of fused-ring (bicyclic) bond motifs is 12. The maximum atomic E-state index is 5.11. The molecule has 0 saturated heterocycles. The molecule has 3 nitrogen and oxygen atoms in total. The number of rotatable bonds is 4. The Morgan fingerprint density at radius 2 is 0.893 bits per heavy atom. The van der Waals surface area contributed by atoms with Crippen molar-refractivity contribution in [3.63, 3.8) is 0 Å². The van der Waals surface area contributed by atoms with Gasteiger partial charge in [-0.15, -0.1) is 0 Å². The van der Waals surface area contributed by atoms with E-state index >= 15 is 0 Å². The molecule has 2 aromatic heterocycles. The first-order chi connectivity index (χ1) is 27.8. The molecule has 3 heterocycles. The monoisotopic (exact) mass is 711 g/mol. The Hall–Kier alpha value is -7.36. The van der Waals surface area contributed by atoms with Gasteiger partial charge in [0.2, 0.25) is 0 Å². The largest absolute Gasteiger partial charge is 0.309 e. The van der Waals surface area contributed by atoms with E-state index in [1.165, 1.54) is 66.4 Å². The molecule has 0 bridgehead atoms. The van der Waals surface area contributed by atoms with Crippen LogP contribution in [0.3, 0.4) is 0 Å². The van der Waals surface area contributed by atoms with Gasteiger partial charge in [0.15, 0.2) is 5.82 Å². The SMILES string of the molecule is c1ccc(-c2cc(-c3ccccc3)nc(-c3ccc(-c4cc5c6c(c4)c4ccccc4n6-c4ccccc4C54c5ccccc5-c5ccccc54)cc3)n2)cc1. The Balaban J connectivity index is 1.09. The number of nitrogens with zero attached hydrogens (tertiary/aromatic N) is 3. The molecule has 260 valence electrons. The summed E-state index contributed by atoms with van der Waals surface area (Å²) in [5.41, 5.74) is 18.4. The third-order valence-electron chi connectivity index (χ3n) is 12.0. The van der Waals surface area contributed by atoms with E-state index < -0.39 is 5.41 Å². The van der Waals surface area contributed by atoms with Gasteiger partial charge < -0.3 is 4.57 Å². The lowest BCUT2D eigenvalue weighted by atomic mass is 9.65. The molecule has 1 aliphatic heterocycles. The van der Waals surface area contributed by atoms with E-state index in [4.69, 9.17) is 9.97 Å². The normalized spacial score (nSPS) is 13.1. The molecule has 0 N–H and O–H groups in total. The van der Waals surface area contributed by atoms with Crippen LogP contribution in [0.25, 0.3) is 83.6 Å². The van der Waals surface area contributed by atoms with Gasteiger partial charge in [-0.2, -0.15) is 0 Å². The fourth-order valence-corrected chi connectivity index (χ4v) is 9.65. The number of hydrogen-bond acceptors (Lipinski definition) is 2. The number of benzene rings is 8. The van der Waals surface area contributed by atoms with Gasteiger partial charge in [-0.3, -0.25) is 0 Å². The molecule has 0 amide bonds. The molecule has 0 atom stereocenters. The molecular formula is C53H33N3. The zero-order chi connectivity index (χ0) is 36.8. The standard InChI is InChI=1S/C53H33N3/c1-3-15-35(16-4-1)47-33-48(36-17-5-2-6-18-36)55-52(54-47)37-29-27-34(28-30-37)38-31-42-41-21-9-13-25-49(41)56-50-26-14-12-24-45(50)53(46(32-38)51(42)56)43-22-10-7-19-39(43)40-20-8-11-23-44(40)53/h1-33H. The lowest BCUT2D eigenvalue weighted by molar-refractivity contribution is 0.749. The lowest BCUT2D eigenvalue weighted by Gasteiger charge is -2.39. The molecule has 0 saturated carbocycles. The third-order valence-corrected chi connectivity index (χ3v) is 12.0. The van der Waals surface area contributed by atoms with E-state index in [-0.39, 0.29) is 0 Å². The van der Waals surface area contributed by atoms with E-state index in [1.807, 2.05) is 12.1 Å². The summed E-state index contributed by atoms with van der Waals surface area (Å²) < 4.78 is 2.51. The number of hydrogen-bond donors (Lipinski definition) is 0. The van der Waals surface area contributed by atoms with Gasteiger partial charge in [0, 0.05) is 27.5 Å². The summed E-state index contributed by atoms with van der Waals surface area (Å²) in [5, 5.41) is 2.52. The lowest BCUT2D eigenvalue weighted by Crippen LogP contribution is -2.33. The Morgan fingerprint density at radius 3 is 1.55 bits per heavy atom. The fourth-order valence-electron chi connectivity index (χ4n) is 9.65. The molecule has 0 radical (unpaired) electrons. The van der Waals surface area contributed by atoms with Crippen molar-refractivity contribution in [1.82, 2.24) is 14.5 Å². The molecule has 12 rings (SSSR count). The van der Waals surface area contributed by atoms with Crippen molar-refractivity contribution in [2.24, 2.45) is 0 Å². The molecular weight excluding hydrogens is 679 g/mol. The maximum Gasteiger partial charge on any atom is 0.160 e. The highest BCUT2D eigenvalue weighted by Crippen LogP contribution is 2.61. The highest BCUT2D eigenvalue weighted by Gasteiger charge is 2.50. The minimum Gasteiger partial charge on any atom is -0.309 e. The third kappa shape index (κ3) is 4.28. The summed E-state index contributed by atoms with van der Waals surface area (Å²) in [5.74, 6) is 0.708. The quantitative estimate of drug-likeness (QED) is 0.182. The van der Waals surface area contributed by atoms with E-state index in [9.17, 15) is 0 Å². The summed E-state index contributed by atoms with van der Waals surface area (Å²) in [6.45, 7) is 0.